The summed E-state index contributed by atoms with van der Waals surface area (Å²) in [6.45, 7) is 6.88. The summed E-state index contributed by atoms with van der Waals surface area (Å²) in [7, 11) is 4.03. The Kier molecular flexibility index (Phi) is 6.74. The second-order valence-electron chi connectivity index (χ2n) is 7.63. The summed E-state index contributed by atoms with van der Waals surface area (Å²) in [6, 6.07) is 14.6. The van der Waals surface area contributed by atoms with E-state index in [1.54, 1.807) is 12.1 Å². The minimum absolute atomic E-state index is 0.0368. The van der Waals surface area contributed by atoms with Crippen molar-refractivity contribution in [3.63, 3.8) is 0 Å². The van der Waals surface area contributed by atoms with Gasteiger partial charge in [0.1, 0.15) is 5.82 Å². The van der Waals surface area contributed by atoms with Crippen molar-refractivity contribution < 1.29 is 9.50 Å². The van der Waals surface area contributed by atoms with Crippen LogP contribution >= 0.6 is 0 Å². The number of hydrogen-bond acceptors (Lipinski definition) is 2. The van der Waals surface area contributed by atoms with Crippen LogP contribution in [-0.2, 0) is 6.42 Å². The second kappa shape index (κ2) is 8.61. The molecule has 0 aliphatic rings. The van der Waals surface area contributed by atoms with Gasteiger partial charge in [0.15, 0.2) is 0 Å². The van der Waals surface area contributed by atoms with Crippen LogP contribution in [0, 0.1) is 18.7 Å². The maximum absolute atomic E-state index is 13.2. The fourth-order valence-electron chi connectivity index (χ4n) is 3.47. The average molecular weight is 355 g/mol. The average Bonchev–Trinajstić information content (AvgIpc) is 2.56. The molecule has 0 aliphatic carbocycles. The van der Waals surface area contributed by atoms with Crippen molar-refractivity contribution in [3.8, 4) is 0 Å². The summed E-state index contributed by atoms with van der Waals surface area (Å²) in [5.74, 6) is -0.217. The minimum atomic E-state index is -0.980. The topological polar surface area (TPSA) is 23.5 Å². The van der Waals surface area contributed by atoms with Crippen LogP contribution in [0.3, 0.4) is 0 Å². The van der Waals surface area contributed by atoms with Crippen molar-refractivity contribution in [1.82, 2.24) is 4.90 Å². The molecular weight excluding hydrogens is 325 g/mol. The Morgan fingerprint density at radius 2 is 1.85 bits per heavy atom. The zero-order chi connectivity index (χ0) is 19.3. The summed E-state index contributed by atoms with van der Waals surface area (Å²) in [4.78, 5) is 2.09. The van der Waals surface area contributed by atoms with E-state index in [1.807, 2.05) is 33.2 Å². The first-order chi connectivity index (χ1) is 12.2. The molecule has 0 amide bonds. The summed E-state index contributed by atoms with van der Waals surface area (Å²) >= 11 is 0. The lowest BCUT2D eigenvalue weighted by molar-refractivity contribution is 0.0149. The Morgan fingerprint density at radius 3 is 2.42 bits per heavy atom. The van der Waals surface area contributed by atoms with Crippen molar-refractivity contribution in [2.24, 2.45) is 5.92 Å². The summed E-state index contributed by atoms with van der Waals surface area (Å²) in [5, 5.41) is 11.7. The number of halogens is 1. The third-order valence-corrected chi connectivity index (χ3v) is 4.95. The summed E-state index contributed by atoms with van der Waals surface area (Å²) in [6.07, 6.45) is 2.51. The van der Waals surface area contributed by atoms with E-state index < -0.39 is 5.60 Å². The molecule has 0 saturated heterocycles. The van der Waals surface area contributed by atoms with Gasteiger partial charge >= 0.3 is 0 Å². The van der Waals surface area contributed by atoms with E-state index in [9.17, 15) is 9.50 Å². The van der Waals surface area contributed by atoms with Gasteiger partial charge in [-0.15, -0.1) is 0 Å². The fourth-order valence-corrected chi connectivity index (χ4v) is 3.47. The smallest absolute Gasteiger partial charge is 0.123 e. The molecule has 140 valence electrons. The lowest BCUT2D eigenvalue weighted by atomic mass is 9.77. The standard InChI is InChI=1S/C23H30FNO/c1-17-7-6-8-21(13-17)15-23(26,19(3)16-25(4)5)18(2)14-20-9-11-22(24)12-10-20/h6-14,19,26H,15-16H2,1-5H3/b18-14+. The molecule has 0 aromatic heterocycles. The highest BCUT2D eigenvalue weighted by molar-refractivity contribution is 5.55. The van der Waals surface area contributed by atoms with Crippen molar-refractivity contribution in [3.05, 3.63) is 76.6 Å². The quantitative estimate of drug-likeness (QED) is 0.777. The first-order valence-electron chi connectivity index (χ1n) is 9.07. The summed E-state index contributed by atoms with van der Waals surface area (Å²) < 4.78 is 13.2. The van der Waals surface area contributed by atoms with Crippen LogP contribution in [-0.4, -0.2) is 36.2 Å². The van der Waals surface area contributed by atoms with Crippen LogP contribution in [0.15, 0.2) is 54.1 Å². The third-order valence-electron chi connectivity index (χ3n) is 4.95. The molecule has 2 aromatic rings. The van der Waals surface area contributed by atoms with E-state index in [-0.39, 0.29) is 11.7 Å². The van der Waals surface area contributed by atoms with E-state index in [0.717, 1.165) is 23.2 Å². The highest BCUT2D eigenvalue weighted by Gasteiger charge is 2.36. The van der Waals surface area contributed by atoms with Gasteiger partial charge in [0.25, 0.3) is 0 Å². The summed E-state index contributed by atoms with van der Waals surface area (Å²) in [5.41, 5.74) is 3.10. The lowest BCUT2D eigenvalue weighted by Crippen LogP contribution is -2.44. The maximum atomic E-state index is 13.2. The van der Waals surface area contributed by atoms with Gasteiger partial charge in [-0.25, -0.2) is 4.39 Å². The van der Waals surface area contributed by atoms with E-state index >= 15 is 0 Å². The molecular formula is C23H30FNO. The molecule has 2 nitrogen and oxygen atoms in total. The molecule has 1 N–H and O–H groups in total. The van der Waals surface area contributed by atoms with E-state index in [4.69, 9.17) is 0 Å². The van der Waals surface area contributed by atoms with Crippen molar-refractivity contribution in [1.29, 1.82) is 0 Å². The van der Waals surface area contributed by atoms with Crippen LogP contribution in [0.25, 0.3) is 6.08 Å². The van der Waals surface area contributed by atoms with Crippen molar-refractivity contribution >= 4 is 6.08 Å². The second-order valence-corrected chi connectivity index (χ2v) is 7.63. The molecule has 0 spiro atoms. The van der Waals surface area contributed by atoms with Gasteiger partial charge in [-0.3, -0.25) is 0 Å². The number of nitrogens with zero attached hydrogens (tertiary/aromatic N) is 1. The Labute approximate surface area is 157 Å². The largest absolute Gasteiger partial charge is 0.385 e. The lowest BCUT2D eigenvalue weighted by Gasteiger charge is -2.37. The molecule has 0 heterocycles. The van der Waals surface area contributed by atoms with Crippen LogP contribution in [0.4, 0.5) is 4.39 Å². The number of benzene rings is 2. The van der Waals surface area contributed by atoms with Gasteiger partial charge in [0, 0.05) is 18.9 Å². The molecule has 2 aromatic carbocycles. The fraction of sp³-hybridized carbons (Fsp3) is 0.391. The number of aryl methyl sites for hydroxylation is 1. The van der Waals surface area contributed by atoms with Crippen molar-refractivity contribution in [2.45, 2.75) is 32.8 Å². The predicted octanol–water partition coefficient (Wildman–Crippen LogP) is 4.71. The molecule has 0 bridgehead atoms. The molecule has 0 fully saturated rings. The Morgan fingerprint density at radius 1 is 1.19 bits per heavy atom. The van der Waals surface area contributed by atoms with E-state index in [2.05, 4.69) is 36.9 Å². The molecule has 0 saturated carbocycles. The monoisotopic (exact) mass is 355 g/mol. The van der Waals surface area contributed by atoms with Gasteiger partial charge in [-0.2, -0.15) is 0 Å². The highest BCUT2D eigenvalue weighted by Crippen LogP contribution is 2.32. The zero-order valence-electron chi connectivity index (χ0n) is 16.5. The molecule has 2 unspecified atom stereocenters. The Hall–Kier alpha value is -1.97. The first kappa shape index (κ1) is 20.3. The molecule has 3 heteroatoms. The van der Waals surface area contributed by atoms with Gasteiger partial charge < -0.3 is 10.0 Å². The molecule has 2 rings (SSSR count). The van der Waals surface area contributed by atoms with Crippen LogP contribution in [0.1, 0.15) is 30.5 Å². The van der Waals surface area contributed by atoms with Gasteiger partial charge in [0.2, 0.25) is 0 Å². The van der Waals surface area contributed by atoms with Crippen LogP contribution in [0.2, 0.25) is 0 Å². The molecule has 26 heavy (non-hydrogen) atoms. The highest BCUT2D eigenvalue weighted by atomic mass is 19.1. The normalized spacial score (nSPS) is 15.8. The maximum Gasteiger partial charge on any atom is 0.123 e. The minimum Gasteiger partial charge on any atom is -0.385 e. The van der Waals surface area contributed by atoms with Gasteiger partial charge in [0.05, 0.1) is 5.60 Å². The van der Waals surface area contributed by atoms with Crippen molar-refractivity contribution in [2.75, 3.05) is 20.6 Å². The third kappa shape index (κ3) is 5.26. The SMILES string of the molecule is C/C(=C\c1ccc(F)cc1)C(O)(Cc1cccc(C)c1)C(C)CN(C)C. The molecule has 0 radical (unpaired) electrons. The van der Waals surface area contributed by atoms with Crippen LogP contribution in [0.5, 0.6) is 0 Å². The molecule has 2 atom stereocenters. The first-order valence-corrected chi connectivity index (χ1v) is 9.07. The zero-order valence-corrected chi connectivity index (χ0v) is 16.5. The van der Waals surface area contributed by atoms with Gasteiger partial charge in [-0.1, -0.05) is 55.0 Å². The Bertz CT molecular complexity index is 751. The number of hydrogen-bond donors (Lipinski definition) is 1. The van der Waals surface area contributed by atoms with E-state index in [0.29, 0.717) is 6.42 Å². The molecule has 0 aliphatic heterocycles. The Balaban J connectivity index is 2.39. The van der Waals surface area contributed by atoms with Gasteiger partial charge in [-0.05, 0) is 56.8 Å². The number of rotatable bonds is 7. The predicted molar refractivity (Wildman–Crippen MR) is 108 cm³/mol. The van der Waals surface area contributed by atoms with Crippen LogP contribution < -0.4 is 0 Å². The van der Waals surface area contributed by atoms with E-state index in [1.165, 1.54) is 17.7 Å². The number of aliphatic hydroxyl groups is 1.